The first-order valence-corrected chi connectivity index (χ1v) is 4.12. The van der Waals surface area contributed by atoms with Crippen molar-refractivity contribution < 1.29 is 9.90 Å². The van der Waals surface area contributed by atoms with Gasteiger partial charge in [-0.25, -0.2) is 0 Å². The Bertz CT molecular complexity index is 168. The number of rotatable bonds is 4. The van der Waals surface area contributed by atoms with Crippen LogP contribution in [0.5, 0.6) is 0 Å². The molecular formula is C9H17NO2. The van der Waals surface area contributed by atoms with Crippen molar-refractivity contribution >= 4 is 5.91 Å². The Kier molecular flexibility index (Phi) is 4.59. The Morgan fingerprint density at radius 1 is 1.58 bits per heavy atom. The van der Waals surface area contributed by atoms with Crippen LogP contribution in [-0.4, -0.2) is 23.2 Å². The predicted octanol–water partition coefficient (Wildman–Crippen LogP) is 0.840. The van der Waals surface area contributed by atoms with Crippen LogP contribution in [0.4, 0.5) is 0 Å². The van der Waals surface area contributed by atoms with Gasteiger partial charge in [0.25, 0.3) is 0 Å². The van der Waals surface area contributed by atoms with Crippen molar-refractivity contribution in [1.82, 2.24) is 5.32 Å². The second-order valence-electron chi connectivity index (χ2n) is 3.34. The molecule has 3 heteroatoms. The summed E-state index contributed by atoms with van der Waals surface area (Å²) in [4.78, 5) is 10.9. The van der Waals surface area contributed by atoms with Gasteiger partial charge in [0.05, 0.1) is 5.60 Å². The van der Waals surface area contributed by atoms with Gasteiger partial charge in [0.1, 0.15) is 0 Å². The summed E-state index contributed by atoms with van der Waals surface area (Å²) in [5.74, 6) is -0.154. The lowest BCUT2D eigenvalue weighted by molar-refractivity contribution is -0.117. The molecule has 0 unspecified atom stereocenters. The van der Waals surface area contributed by atoms with Crippen molar-refractivity contribution in [3.63, 3.8) is 0 Å². The monoisotopic (exact) mass is 171 g/mol. The zero-order valence-corrected chi connectivity index (χ0v) is 7.92. The third-order valence-corrected chi connectivity index (χ3v) is 1.20. The zero-order chi connectivity index (χ0) is 9.61. The summed E-state index contributed by atoms with van der Waals surface area (Å²) in [6.07, 6.45) is 4.10. The van der Waals surface area contributed by atoms with Gasteiger partial charge in [0.2, 0.25) is 5.91 Å². The number of hydrogen-bond donors (Lipinski definition) is 2. The SMILES string of the molecule is CCC=CC(=O)NCC(C)(C)O. The van der Waals surface area contributed by atoms with E-state index in [1.807, 2.05) is 6.92 Å². The van der Waals surface area contributed by atoms with Gasteiger partial charge < -0.3 is 10.4 Å². The van der Waals surface area contributed by atoms with Crippen LogP contribution in [0.25, 0.3) is 0 Å². The lowest BCUT2D eigenvalue weighted by Crippen LogP contribution is -2.37. The second-order valence-corrected chi connectivity index (χ2v) is 3.34. The maximum atomic E-state index is 10.9. The fourth-order valence-corrected chi connectivity index (χ4v) is 0.587. The average molecular weight is 171 g/mol. The topological polar surface area (TPSA) is 49.3 Å². The third kappa shape index (κ3) is 7.28. The van der Waals surface area contributed by atoms with Crippen LogP contribution in [0.2, 0.25) is 0 Å². The highest BCUT2D eigenvalue weighted by molar-refractivity contribution is 5.87. The molecule has 0 aromatic carbocycles. The number of aliphatic hydroxyl groups is 1. The molecule has 0 aliphatic heterocycles. The van der Waals surface area contributed by atoms with Crippen LogP contribution in [0.3, 0.4) is 0 Å². The van der Waals surface area contributed by atoms with Crippen molar-refractivity contribution in [1.29, 1.82) is 0 Å². The van der Waals surface area contributed by atoms with E-state index in [0.29, 0.717) is 0 Å². The minimum Gasteiger partial charge on any atom is -0.389 e. The summed E-state index contributed by atoms with van der Waals surface area (Å²) in [7, 11) is 0. The number of nitrogens with one attached hydrogen (secondary N) is 1. The van der Waals surface area contributed by atoms with E-state index in [0.717, 1.165) is 6.42 Å². The largest absolute Gasteiger partial charge is 0.389 e. The summed E-state index contributed by atoms with van der Waals surface area (Å²) in [5.41, 5.74) is -0.838. The Morgan fingerprint density at radius 3 is 2.58 bits per heavy atom. The van der Waals surface area contributed by atoms with Crippen LogP contribution in [0.1, 0.15) is 27.2 Å². The highest BCUT2D eigenvalue weighted by Crippen LogP contribution is 1.96. The van der Waals surface area contributed by atoms with Gasteiger partial charge in [-0.3, -0.25) is 4.79 Å². The molecule has 0 saturated carbocycles. The van der Waals surface area contributed by atoms with Gasteiger partial charge in [-0.05, 0) is 26.3 Å². The van der Waals surface area contributed by atoms with E-state index >= 15 is 0 Å². The average Bonchev–Trinajstić information content (AvgIpc) is 1.95. The second kappa shape index (κ2) is 4.93. The minimum atomic E-state index is -0.838. The van der Waals surface area contributed by atoms with Crippen LogP contribution < -0.4 is 5.32 Å². The highest BCUT2D eigenvalue weighted by Gasteiger charge is 2.12. The van der Waals surface area contributed by atoms with Crippen LogP contribution in [0.15, 0.2) is 12.2 Å². The molecule has 70 valence electrons. The number of carbonyl (C=O) groups excluding carboxylic acids is 1. The van der Waals surface area contributed by atoms with Crippen LogP contribution >= 0.6 is 0 Å². The molecule has 2 N–H and O–H groups in total. The van der Waals surface area contributed by atoms with E-state index in [2.05, 4.69) is 5.32 Å². The molecule has 3 nitrogen and oxygen atoms in total. The first kappa shape index (κ1) is 11.2. The summed E-state index contributed by atoms with van der Waals surface area (Å²) in [6, 6.07) is 0. The maximum absolute atomic E-state index is 10.9. The van der Waals surface area contributed by atoms with Gasteiger partial charge in [0.15, 0.2) is 0 Å². The number of carbonyl (C=O) groups is 1. The molecule has 0 aromatic heterocycles. The molecule has 0 saturated heterocycles. The van der Waals surface area contributed by atoms with E-state index in [9.17, 15) is 9.90 Å². The predicted molar refractivity (Wildman–Crippen MR) is 48.7 cm³/mol. The van der Waals surface area contributed by atoms with Crippen LogP contribution in [0, 0.1) is 0 Å². The number of allylic oxidation sites excluding steroid dienone is 1. The Morgan fingerprint density at radius 2 is 2.17 bits per heavy atom. The summed E-state index contributed by atoms with van der Waals surface area (Å²) in [5, 5.41) is 11.8. The first-order chi connectivity index (χ1) is 5.45. The van der Waals surface area contributed by atoms with Gasteiger partial charge in [-0.2, -0.15) is 0 Å². The molecule has 0 aliphatic carbocycles. The van der Waals surface area contributed by atoms with Crippen LogP contribution in [-0.2, 0) is 4.79 Å². The molecule has 0 atom stereocenters. The normalized spacial score (nSPS) is 12.0. The Hall–Kier alpha value is -0.830. The molecule has 0 heterocycles. The van der Waals surface area contributed by atoms with Gasteiger partial charge in [-0.1, -0.05) is 13.0 Å². The molecule has 0 aromatic rings. The van der Waals surface area contributed by atoms with Gasteiger partial charge >= 0.3 is 0 Å². The summed E-state index contributed by atoms with van der Waals surface area (Å²) >= 11 is 0. The van der Waals surface area contributed by atoms with E-state index in [1.165, 1.54) is 6.08 Å². The Labute approximate surface area is 73.5 Å². The molecule has 0 fully saturated rings. The summed E-state index contributed by atoms with van der Waals surface area (Å²) < 4.78 is 0. The van der Waals surface area contributed by atoms with E-state index in [4.69, 9.17) is 0 Å². The lowest BCUT2D eigenvalue weighted by Gasteiger charge is -2.16. The quantitative estimate of drug-likeness (QED) is 0.616. The van der Waals surface area contributed by atoms with Crippen molar-refractivity contribution in [2.45, 2.75) is 32.8 Å². The minimum absolute atomic E-state index is 0.154. The molecule has 0 bridgehead atoms. The van der Waals surface area contributed by atoms with Crippen molar-refractivity contribution in [3.05, 3.63) is 12.2 Å². The standard InChI is InChI=1S/C9H17NO2/c1-4-5-6-8(11)10-7-9(2,3)12/h5-6,12H,4,7H2,1-3H3,(H,10,11). The number of amides is 1. The molecule has 0 rings (SSSR count). The smallest absolute Gasteiger partial charge is 0.243 e. The van der Waals surface area contributed by atoms with Crippen molar-refractivity contribution in [2.75, 3.05) is 6.54 Å². The first-order valence-electron chi connectivity index (χ1n) is 4.12. The fraction of sp³-hybridized carbons (Fsp3) is 0.667. The van der Waals surface area contributed by atoms with Crippen molar-refractivity contribution in [3.8, 4) is 0 Å². The van der Waals surface area contributed by atoms with E-state index in [-0.39, 0.29) is 12.5 Å². The zero-order valence-electron chi connectivity index (χ0n) is 7.92. The molecule has 0 radical (unpaired) electrons. The maximum Gasteiger partial charge on any atom is 0.243 e. The fourth-order valence-electron chi connectivity index (χ4n) is 0.587. The lowest BCUT2D eigenvalue weighted by atomic mass is 10.1. The van der Waals surface area contributed by atoms with E-state index < -0.39 is 5.60 Å². The van der Waals surface area contributed by atoms with Gasteiger partial charge in [-0.15, -0.1) is 0 Å². The van der Waals surface area contributed by atoms with Gasteiger partial charge in [0, 0.05) is 6.54 Å². The molecule has 0 spiro atoms. The summed E-state index contributed by atoms with van der Waals surface area (Å²) in [6.45, 7) is 5.53. The molecule has 1 amide bonds. The van der Waals surface area contributed by atoms with Crippen molar-refractivity contribution in [2.24, 2.45) is 0 Å². The Balaban J connectivity index is 3.65. The molecule has 12 heavy (non-hydrogen) atoms. The molecular weight excluding hydrogens is 154 g/mol. The molecule has 0 aliphatic rings. The third-order valence-electron chi connectivity index (χ3n) is 1.20. The highest BCUT2D eigenvalue weighted by atomic mass is 16.3. The van der Waals surface area contributed by atoms with E-state index in [1.54, 1.807) is 19.9 Å². The number of hydrogen-bond acceptors (Lipinski definition) is 2.